The third kappa shape index (κ3) is 2.89. The van der Waals surface area contributed by atoms with Crippen molar-refractivity contribution in [2.24, 2.45) is 5.92 Å². The molecule has 16 heavy (non-hydrogen) atoms. The van der Waals surface area contributed by atoms with Gasteiger partial charge in [0, 0.05) is 12.5 Å². The molecule has 1 aliphatic rings. The van der Waals surface area contributed by atoms with E-state index < -0.39 is 0 Å². The summed E-state index contributed by atoms with van der Waals surface area (Å²) in [4.78, 5) is 0. The zero-order valence-electron chi connectivity index (χ0n) is 8.83. The third-order valence-corrected chi connectivity index (χ3v) is 3.65. The highest BCUT2D eigenvalue weighted by Gasteiger charge is 2.23. The van der Waals surface area contributed by atoms with E-state index in [1.807, 2.05) is 12.1 Å². The van der Waals surface area contributed by atoms with Crippen LogP contribution in [0, 0.1) is 5.92 Å². The van der Waals surface area contributed by atoms with Gasteiger partial charge in [-0.15, -0.1) is 0 Å². The summed E-state index contributed by atoms with van der Waals surface area (Å²) in [5.74, 6) is 0.158. The number of aliphatic hydroxyl groups is 1. The van der Waals surface area contributed by atoms with Crippen LogP contribution in [0.15, 0.2) is 18.2 Å². The molecule has 2 rings (SSSR count). The standard InChI is InChI=1S/C12H14Cl2O2/c13-10-2-1-8(6-11(10)14)5-9-7-16-4-3-12(9)15/h1-2,6,9,12,15H,3-5,7H2/t9-,12-/m1/s1. The number of halogens is 2. The van der Waals surface area contributed by atoms with Crippen LogP contribution in [0.25, 0.3) is 0 Å². The van der Waals surface area contributed by atoms with Crippen molar-refractivity contribution in [2.75, 3.05) is 13.2 Å². The Morgan fingerprint density at radius 3 is 2.81 bits per heavy atom. The van der Waals surface area contributed by atoms with Crippen molar-refractivity contribution in [3.63, 3.8) is 0 Å². The Labute approximate surface area is 105 Å². The summed E-state index contributed by atoms with van der Waals surface area (Å²) >= 11 is 11.8. The van der Waals surface area contributed by atoms with Crippen LogP contribution in [-0.2, 0) is 11.2 Å². The minimum Gasteiger partial charge on any atom is -0.393 e. The molecule has 1 saturated heterocycles. The molecule has 0 radical (unpaired) electrons. The van der Waals surface area contributed by atoms with Crippen molar-refractivity contribution >= 4 is 23.2 Å². The van der Waals surface area contributed by atoms with Crippen LogP contribution in [0.1, 0.15) is 12.0 Å². The van der Waals surface area contributed by atoms with Gasteiger partial charge in [-0.3, -0.25) is 0 Å². The molecule has 0 aromatic heterocycles. The molecular weight excluding hydrogens is 247 g/mol. The Morgan fingerprint density at radius 2 is 2.12 bits per heavy atom. The Hall–Kier alpha value is -0.280. The predicted octanol–water partition coefficient (Wildman–Crippen LogP) is 2.93. The molecule has 0 unspecified atom stereocenters. The van der Waals surface area contributed by atoms with E-state index in [4.69, 9.17) is 27.9 Å². The summed E-state index contributed by atoms with van der Waals surface area (Å²) in [7, 11) is 0. The van der Waals surface area contributed by atoms with Crippen molar-refractivity contribution in [2.45, 2.75) is 18.9 Å². The Morgan fingerprint density at radius 1 is 1.31 bits per heavy atom. The molecule has 1 fully saturated rings. The summed E-state index contributed by atoms with van der Waals surface area (Å²) in [5.41, 5.74) is 1.09. The van der Waals surface area contributed by atoms with Gasteiger partial charge < -0.3 is 9.84 Å². The number of ether oxygens (including phenoxy) is 1. The van der Waals surface area contributed by atoms with E-state index in [0.717, 1.165) is 12.0 Å². The summed E-state index contributed by atoms with van der Waals surface area (Å²) in [6.07, 6.45) is 1.22. The first kappa shape index (κ1) is 12.2. The summed E-state index contributed by atoms with van der Waals surface area (Å²) in [6, 6.07) is 5.58. The average Bonchev–Trinajstić information content (AvgIpc) is 2.27. The monoisotopic (exact) mass is 260 g/mol. The van der Waals surface area contributed by atoms with E-state index in [-0.39, 0.29) is 12.0 Å². The highest BCUT2D eigenvalue weighted by atomic mass is 35.5. The van der Waals surface area contributed by atoms with Crippen LogP contribution >= 0.6 is 23.2 Å². The maximum atomic E-state index is 9.82. The zero-order chi connectivity index (χ0) is 11.5. The van der Waals surface area contributed by atoms with E-state index in [2.05, 4.69) is 0 Å². The summed E-state index contributed by atoms with van der Waals surface area (Å²) < 4.78 is 5.36. The van der Waals surface area contributed by atoms with Crippen molar-refractivity contribution in [3.05, 3.63) is 33.8 Å². The van der Waals surface area contributed by atoms with E-state index >= 15 is 0 Å². The second-order valence-electron chi connectivity index (χ2n) is 4.14. The lowest BCUT2D eigenvalue weighted by molar-refractivity contribution is -0.0350. The van der Waals surface area contributed by atoms with Crippen LogP contribution in [0.2, 0.25) is 10.0 Å². The van der Waals surface area contributed by atoms with Gasteiger partial charge in [0.15, 0.2) is 0 Å². The van der Waals surface area contributed by atoms with Gasteiger partial charge in [-0.2, -0.15) is 0 Å². The Balaban J connectivity index is 2.05. The minimum atomic E-state index is -0.275. The summed E-state index contributed by atoms with van der Waals surface area (Å²) in [6.45, 7) is 1.26. The van der Waals surface area contributed by atoms with Gasteiger partial charge in [0.2, 0.25) is 0 Å². The molecule has 1 heterocycles. The van der Waals surface area contributed by atoms with E-state index in [9.17, 15) is 5.11 Å². The molecule has 0 spiro atoms. The van der Waals surface area contributed by atoms with Crippen LogP contribution in [0.5, 0.6) is 0 Å². The third-order valence-electron chi connectivity index (χ3n) is 2.92. The van der Waals surface area contributed by atoms with Crippen LogP contribution in [0.4, 0.5) is 0 Å². The van der Waals surface area contributed by atoms with E-state index in [1.165, 1.54) is 0 Å². The molecule has 88 valence electrons. The lowest BCUT2D eigenvalue weighted by atomic mass is 9.92. The largest absolute Gasteiger partial charge is 0.393 e. The van der Waals surface area contributed by atoms with Gasteiger partial charge in [-0.25, -0.2) is 0 Å². The molecule has 0 bridgehead atoms. The molecule has 1 N–H and O–H groups in total. The van der Waals surface area contributed by atoms with Crippen LogP contribution < -0.4 is 0 Å². The van der Waals surface area contributed by atoms with Gasteiger partial charge in [-0.05, 0) is 30.5 Å². The number of benzene rings is 1. The maximum Gasteiger partial charge on any atom is 0.0615 e. The van der Waals surface area contributed by atoms with E-state index in [1.54, 1.807) is 6.07 Å². The van der Waals surface area contributed by atoms with Crippen LogP contribution in [-0.4, -0.2) is 24.4 Å². The fraction of sp³-hybridized carbons (Fsp3) is 0.500. The van der Waals surface area contributed by atoms with Gasteiger partial charge >= 0.3 is 0 Å². The first-order valence-corrected chi connectivity index (χ1v) is 6.12. The zero-order valence-corrected chi connectivity index (χ0v) is 10.3. The minimum absolute atomic E-state index is 0.158. The molecule has 2 nitrogen and oxygen atoms in total. The molecule has 0 aliphatic carbocycles. The molecule has 4 heteroatoms. The normalized spacial score (nSPS) is 25.7. The van der Waals surface area contributed by atoms with Crippen molar-refractivity contribution in [1.82, 2.24) is 0 Å². The second-order valence-corrected chi connectivity index (χ2v) is 4.96. The fourth-order valence-corrected chi connectivity index (χ4v) is 2.27. The van der Waals surface area contributed by atoms with Gasteiger partial charge in [-0.1, -0.05) is 29.3 Å². The highest BCUT2D eigenvalue weighted by molar-refractivity contribution is 6.42. The predicted molar refractivity (Wildman–Crippen MR) is 65.1 cm³/mol. The lowest BCUT2D eigenvalue weighted by Gasteiger charge is -2.27. The molecule has 0 amide bonds. The van der Waals surface area contributed by atoms with Gasteiger partial charge in [0.25, 0.3) is 0 Å². The highest BCUT2D eigenvalue weighted by Crippen LogP contribution is 2.25. The average molecular weight is 261 g/mol. The number of hydrogen-bond acceptors (Lipinski definition) is 2. The maximum absolute atomic E-state index is 9.82. The van der Waals surface area contributed by atoms with Gasteiger partial charge in [0.1, 0.15) is 0 Å². The number of aliphatic hydroxyl groups excluding tert-OH is 1. The molecular formula is C12H14Cl2O2. The first-order chi connectivity index (χ1) is 7.66. The molecule has 2 atom stereocenters. The fourth-order valence-electron chi connectivity index (χ4n) is 1.95. The molecule has 1 aromatic rings. The van der Waals surface area contributed by atoms with E-state index in [0.29, 0.717) is 29.7 Å². The quantitative estimate of drug-likeness (QED) is 0.886. The lowest BCUT2D eigenvalue weighted by Crippen LogP contribution is -2.33. The molecule has 0 saturated carbocycles. The SMILES string of the molecule is O[C@@H]1CCOC[C@H]1Cc1ccc(Cl)c(Cl)c1. The smallest absolute Gasteiger partial charge is 0.0615 e. The van der Waals surface area contributed by atoms with Crippen LogP contribution in [0.3, 0.4) is 0 Å². The Kier molecular flexibility index (Phi) is 4.09. The Bertz CT molecular complexity index is 368. The first-order valence-electron chi connectivity index (χ1n) is 5.36. The number of rotatable bonds is 2. The van der Waals surface area contributed by atoms with Crippen molar-refractivity contribution in [1.29, 1.82) is 0 Å². The van der Waals surface area contributed by atoms with Crippen molar-refractivity contribution in [3.8, 4) is 0 Å². The van der Waals surface area contributed by atoms with Gasteiger partial charge in [0.05, 0.1) is 22.8 Å². The molecule has 1 aliphatic heterocycles. The molecule has 1 aromatic carbocycles. The second kappa shape index (κ2) is 5.37. The topological polar surface area (TPSA) is 29.5 Å². The number of hydrogen-bond donors (Lipinski definition) is 1. The summed E-state index contributed by atoms with van der Waals surface area (Å²) in [5, 5.41) is 10.9. The van der Waals surface area contributed by atoms with Crippen molar-refractivity contribution < 1.29 is 9.84 Å².